The Kier molecular flexibility index (Phi) is 5.20. The highest BCUT2D eigenvalue weighted by Crippen LogP contribution is 2.19. The fourth-order valence-corrected chi connectivity index (χ4v) is 2.58. The highest BCUT2D eigenvalue weighted by molar-refractivity contribution is 7.78. The van der Waals surface area contributed by atoms with Gasteiger partial charge in [0.2, 0.25) is 0 Å². The van der Waals surface area contributed by atoms with Gasteiger partial charge in [-0.15, -0.1) is 0 Å². The van der Waals surface area contributed by atoms with Gasteiger partial charge >= 0.3 is 6.03 Å². The number of fused-ring (bicyclic) bond motifs is 1. The zero-order valence-electron chi connectivity index (χ0n) is 15.4. The van der Waals surface area contributed by atoms with E-state index in [0.717, 1.165) is 11.4 Å². The van der Waals surface area contributed by atoms with Crippen molar-refractivity contribution in [2.24, 2.45) is 0 Å². The molecule has 2 N–H and O–H groups in total. The lowest BCUT2D eigenvalue weighted by atomic mass is 10.3. The van der Waals surface area contributed by atoms with Crippen LogP contribution in [-0.4, -0.2) is 46.6 Å². The lowest BCUT2D eigenvalue weighted by Gasteiger charge is -2.13. The number of amides is 2. The molecule has 0 radical (unpaired) electrons. The van der Waals surface area contributed by atoms with Crippen LogP contribution in [0.1, 0.15) is 6.92 Å². The summed E-state index contributed by atoms with van der Waals surface area (Å²) in [5.41, 5.74) is 2.76. The Balaban J connectivity index is 1.52. The van der Waals surface area contributed by atoms with Crippen LogP contribution >= 0.6 is 12.8 Å². The fraction of sp³-hybridized carbons (Fsp3) is 0.111. The lowest BCUT2D eigenvalue weighted by Crippen LogP contribution is -2.27. The van der Waals surface area contributed by atoms with E-state index in [4.69, 9.17) is 0 Å². The summed E-state index contributed by atoms with van der Waals surface area (Å²) < 4.78 is 2.92. The van der Waals surface area contributed by atoms with Crippen molar-refractivity contribution >= 4 is 47.3 Å². The van der Waals surface area contributed by atoms with Crippen molar-refractivity contribution in [3.8, 4) is 5.69 Å². The van der Waals surface area contributed by atoms with Crippen LogP contribution in [0, 0.1) is 0 Å². The van der Waals surface area contributed by atoms with E-state index in [0.29, 0.717) is 29.3 Å². The van der Waals surface area contributed by atoms with E-state index in [1.54, 1.807) is 29.3 Å². The minimum Gasteiger partial charge on any atom is -0.339 e. The molecule has 4 rings (SSSR count). The van der Waals surface area contributed by atoms with Gasteiger partial charge in [0.25, 0.3) is 0 Å². The Bertz CT molecular complexity index is 1130. The molecule has 29 heavy (non-hydrogen) atoms. The first kappa shape index (κ1) is 18.6. The maximum absolute atomic E-state index is 11.9. The summed E-state index contributed by atoms with van der Waals surface area (Å²) in [6, 6.07) is 10.7. The molecule has 11 heteroatoms. The van der Waals surface area contributed by atoms with Crippen LogP contribution in [0.4, 0.5) is 22.1 Å². The highest BCUT2D eigenvalue weighted by Gasteiger charge is 2.10. The summed E-state index contributed by atoms with van der Waals surface area (Å²) in [5, 5.41) is 9.96. The number of thiol groups is 1. The second-order valence-corrected chi connectivity index (χ2v) is 6.44. The van der Waals surface area contributed by atoms with E-state index >= 15 is 0 Å². The summed E-state index contributed by atoms with van der Waals surface area (Å²) in [4.78, 5) is 29.1. The number of carbonyl (C=O) groups excluding carboxylic acids is 1. The van der Waals surface area contributed by atoms with E-state index in [1.807, 2.05) is 31.2 Å². The number of carbonyl (C=O) groups is 1. The normalized spacial score (nSPS) is 10.7. The zero-order valence-corrected chi connectivity index (χ0v) is 16.3. The second kappa shape index (κ2) is 8.10. The Morgan fingerprint density at radius 1 is 1.14 bits per heavy atom. The minimum atomic E-state index is -0.364. The molecule has 0 atom stereocenters. The van der Waals surface area contributed by atoms with Crippen molar-refractivity contribution in [2.45, 2.75) is 6.92 Å². The first-order valence-electron chi connectivity index (χ1n) is 8.75. The van der Waals surface area contributed by atoms with Crippen LogP contribution in [0.25, 0.3) is 16.9 Å². The third kappa shape index (κ3) is 4.24. The predicted molar refractivity (Wildman–Crippen MR) is 112 cm³/mol. The number of urea groups is 1. The first-order valence-corrected chi connectivity index (χ1v) is 9.15. The third-order valence-electron chi connectivity index (χ3n) is 4.00. The smallest absolute Gasteiger partial charge is 0.332 e. The average molecular weight is 407 g/mol. The van der Waals surface area contributed by atoms with Crippen LogP contribution < -0.4 is 10.6 Å². The van der Waals surface area contributed by atoms with E-state index in [-0.39, 0.29) is 6.03 Å². The van der Waals surface area contributed by atoms with Crippen molar-refractivity contribution in [1.82, 2.24) is 34.0 Å². The van der Waals surface area contributed by atoms with Gasteiger partial charge in [0.05, 0.1) is 11.9 Å². The van der Waals surface area contributed by atoms with Gasteiger partial charge in [-0.2, -0.15) is 5.10 Å². The van der Waals surface area contributed by atoms with Gasteiger partial charge in [-0.25, -0.2) is 29.4 Å². The van der Waals surface area contributed by atoms with Crippen molar-refractivity contribution in [3.05, 3.63) is 55.2 Å². The van der Waals surface area contributed by atoms with E-state index in [1.165, 1.54) is 10.6 Å². The molecule has 0 unspecified atom stereocenters. The average Bonchev–Trinajstić information content (AvgIpc) is 3.28. The Morgan fingerprint density at radius 3 is 2.66 bits per heavy atom. The predicted octanol–water partition coefficient (Wildman–Crippen LogP) is 3.05. The lowest BCUT2D eigenvalue weighted by molar-refractivity contribution is 0.240. The summed E-state index contributed by atoms with van der Waals surface area (Å²) in [7, 11) is 0. The van der Waals surface area contributed by atoms with Gasteiger partial charge < -0.3 is 5.32 Å². The van der Waals surface area contributed by atoms with Gasteiger partial charge in [-0.3, -0.25) is 9.62 Å². The van der Waals surface area contributed by atoms with Crippen LogP contribution in [-0.2, 0) is 0 Å². The Hall–Kier alpha value is -3.73. The number of hydrogen-bond acceptors (Lipinski definition) is 8. The van der Waals surface area contributed by atoms with Crippen LogP contribution in [0.3, 0.4) is 0 Å². The second-order valence-electron chi connectivity index (χ2n) is 5.95. The molecule has 10 nitrogen and oxygen atoms in total. The molecule has 3 heterocycles. The molecule has 3 aromatic heterocycles. The van der Waals surface area contributed by atoms with Gasteiger partial charge in [0.15, 0.2) is 11.5 Å². The standard InChI is InChI=1S/C18H17N9OS/c1-2-27(29)18(28)25-15-8-7-14-17(23-15)24-16(9-20-14)22-12-3-5-13(6-4-12)26-11-19-10-21-26/h3-11,29H,2H2,1H3,(H2,22,23,24,25,28). The molecule has 0 spiro atoms. The number of anilines is 3. The van der Waals surface area contributed by atoms with Crippen molar-refractivity contribution < 1.29 is 4.79 Å². The molecular weight excluding hydrogens is 390 g/mol. The molecule has 0 saturated heterocycles. The van der Waals surface area contributed by atoms with Crippen molar-refractivity contribution in [1.29, 1.82) is 0 Å². The molecule has 146 valence electrons. The van der Waals surface area contributed by atoms with E-state index in [9.17, 15) is 4.79 Å². The maximum atomic E-state index is 11.9. The first-order chi connectivity index (χ1) is 14.1. The monoisotopic (exact) mass is 407 g/mol. The highest BCUT2D eigenvalue weighted by atomic mass is 32.1. The minimum absolute atomic E-state index is 0.364. The molecule has 2 amide bonds. The summed E-state index contributed by atoms with van der Waals surface area (Å²) in [5.74, 6) is 0.907. The number of nitrogens with one attached hydrogen (secondary N) is 2. The van der Waals surface area contributed by atoms with Crippen molar-refractivity contribution in [2.75, 3.05) is 17.2 Å². The van der Waals surface area contributed by atoms with Gasteiger partial charge in [-0.05, 0) is 43.3 Å². The largest absolute Gasteiger partial charge is 0.339 e. The van der Waals surface area contributed by atoms with Crippen LogP contribution in [0.2, 0.25) is 0 Å². The van der Waals surface area contributed by atoms with Crippen LogP contribution in [0.5, 0.6) is 0 Å². The Morgan fingerprint density at radius 2 is 1.93 bits per heavy atom. The van der Waals surface area contributed by atoms with Crippen molar-refractivity contribution in [3.63, 3.8) is 0 Å². The number of rotatable bonds is 5. The van der Waals surface area contributed by atoms with E-state index in [2.05, 4.69) is 48.5 Å². The van der Waals surface area contributed by atoms with Crippen LogP contribution in [0.15, 0.2) is 55.2 Å². The molecule has 0 bridgehead atoms. The number of nitrogens with zero attached hydrogens (tertiary/aromatic N) is 7. The number of benzene rings is 1. The molecule has 1 aromatic carbocycles. The molecule has 0 fully saturated rings. The maximum Gasteiger partial charge on any atom is 0.332 e. The Labute approximate surface area is 171 Å². The SMILES string of the molecule is CCN(S)C(=O)Nc1ccc2ncc(Nc3ccc(-n4cncn4)cc3)nc2n1. The quantitative estimate of drug-likeness (QED) is 0.436. The summed E-state index contributed by atoms with van der Waals surface area (Å²) >= 11 is 4.07. The number of aromatic nitrogens is 6. The summed E-state index contributed by atoms with van der Waals surface area (Å²) in [6.07, 6.45) is 4.74. The van der Waals surface area contributed by atoms with E-state index < -0.39 is 0 Å². The molecule has 0 saturated carbocycles. The number of pyridine rings is 1. The molecule has 4 aromatic rings. The van der Waals surface area contributed by atoms with Gasteiger partial charge in [0.1, 0.15) is 24.0 Å². The molecule has 0 aliphatic heterocycles. The molecule has 0 aliphatic carbocycles. The summed E-state index contributed by atoms with van der Waals surface area (Å²) in [6.45, 7) is 2.29. The topological polar surface area (TPSA) is 114 Å². The third-order valence-corrected chi connectivity index (χ3v) is 4.46. The molecular formula is C18H17N9OS. The number of hydrogen-bond donors (Lipinski definition) is 3. The fourth-order valence-electron chi connectivity index (χ4n) is 2.53. The van der Waals surface area contributed by atoms with Gasteiger partial charge in [0, 0.05) is 12.2 Å². The van der Waals surface area contributed by atoms with Gasteiger partial charge in [-0.1, -0.05) is 12.8 Å². The molecule has 0 aliphatic rings. The zero-order chi connectivity index (χ0) is 20.2.